The van der Waals surface area contributed by atoms with Gasteiger partial charge in [-0.25, -0.2) is 9.18 Å². The Kier molecular flexibility index (Phi) is 4.86. The Morgan fingerprint density at radius 3 is 2.58 bits per heavy atom. The van der Waals surface area contributed by atoms with Crippen LogP contribution in [0.4, 0.5) is 4.39 Å². The summed E-state index contributed by atoms with van der Waals surface area (Å²) < 4.78 is 18.2. The standard InChI is InChI=1S/C14H14FNO2.ClH/c1-18-13(17)14(16)8-11(7-12(15)9-14)10-5-3-2-4-6-10;/h2-7,9H,8,16H2,1H3;1H. The molecule has 0 saturated carbocycles. The highest BCUT2D eigenvalue weighted by Crippen LogP contribution is 2.32. The van der Waals surface area contributed by atoms with E-state index in [-0.39, 0.29) is 18.8 Å². The van der Waals surface area contributed by atoms with E-state index in [1.54, 1.807) is 0 Å². The molecule has 1 aliphatic carbocycles. The Bertz CT molecular complexity index is 528. The molecule has 0 fully saturated rings. The monoisotopic (exact) mass is 283 g/mol. The minimum absolute atomic E-state index is 0. The highest BCUT2D eigenvalue weighted by molar-refractivity contribution is 5.88. The molecule has 1 aromatic carbocycles. The van der Waals surface area contributed by atoms with Gasteiger partial charge in [0.15, 0.2) is 0 Å². The summed E-state index contributed by atoms with van der Waals surface area (Å²) in [5, 5.41) is 0. The number of allylic oxidation sites excluding steroid dienone is 2. The van der Waals surface area contributed by atoms with Gasteiger partial charge in [-0.3, -0.25) is 0 Å². The highest BCUT2D eigenvalue weighted by Gasteiger charge is 2.37. The van der Waals surface area contributed by atoms with Crippen molar-refractivity contribution in [2.75, 3.05) is 7.11 Å². The van der Waals surface area contributed by atoms with Gasteiger partial charge in [0.25, 0.3) is 0 Å². The van der Waals surface area contributed by atoms with Gasteiger partial charge >= 0.3 is 5.97 Å². The van der Waals surface area contributed by atoms with E-state index in [4.69, 9.17) is 5.73 Å². The summed E-state index contributed by atoms with van der Waals surface area (Å²) in [5.41, 5.74) is 6.00. The van der Waals surface area contributed by atoms with Gasteiger partial charge in [0, 0.05) is 6.42 Å². The molecule has 0 spiro atoms. The molecule has 0 heterocycles. The van der Waals surface area contributed by atoms with Gasteiger partial charge in [0.1, 0.15) is 11.4 Å². The fourth-order valence-electron chi connectivity index (χ4n) is 2.03. The van der Waals surface area contributed by atoms with Crippen molar-refractivity contribution in [1.29, 1.82) is 0 Å². The van der Waals surface area contributed by atoms with Gasteiger partial charge < -0.3 is 10.5 Å². The Morgan fingerprint density at radius 1 is 1.37 bits per heavy atom. The minimum atomic E-state index is -1.43. The van der Waals surface area contributed by atoms with Crippen molar-refractivity contribution < 1.29 is 13.9 Å². The van der Waals surface area contributed by atoms with Crippen molar-refractivity contribution in [2.24, 2.45) is 5.73 Å². The van der Waals surface area contributed by atoms with Gasteiger partial charge in [-0.15, -0.1) is 12.4 Å². The van der Waals surface area contributed by atoms with Crippen LogP contribution in [0.15, 0.2) is 48.3 Å². The third-order valence-electron chi connectivity index (χ3n) is 2.90. The number of esters is 1. The molecule has 5 heteroatoms. The van der Waals surface area contributed by atoms with E-state index in [1.807, 2.05) is 30.3 Å². The second kappa shape index (κ2) is 5.99. The highest BCUT2D eigenvalue weighted by atomic mass is 35.5. The largest absolute Gasteiger partial charge is 0.467 e. The summed E-state index contributed by atoms with van der Waals surface area (Å²) in [7, 11) is 1.24. The lowest BCUT2D eigenvalue weighted by Crippen LogP contribution is -2.48. The van der Waals surface area contributed by atoms with Crippen molar-refractivity contribution in [3.63, 3.8) is 0 Å². The molecule has 1 aromatic rings. The predicted molar refractivity (Wildman–Crippen MR) is 74.4 cm³/mol. The Hall–Kier alpha value is -1.65. The van der Waals surface area contributed by atoms with Gasteiger partial charge in [-0.05, 0) is 23.3 Å². The first-order valence-corrected chi connectivity index (χ1v) is 5.57. The minimum Gasteiger partial charge on any atom is -0.467 e. The summed E-state index contributed by atoms with van der Waals surface area (Å²) in [6, 6.07) is 9.27. The maximum Gasteiger partial charge on any atom is 0.330 e. The molecular formula is C14H15ClFNO2. The van der Waals surface area contributed by atoms with E-state index in [1.165, 1.54) is 13.2 Å². The third kappa shape index (κ3) is 3.22. The van der Waals surface area contributed by atoms with Crippen LogP contribution >= 0.6 is 12.4 Å². The van der Waals surface area contributed by atoms with E-state index in [0.29, 0.717) is 5.57 Å². The van der Waals surface area contributed by atoms with Crippen molar-refractivity contribution in [3.05, 3.63) is 53.9 Å². The lowest BCUT2D eigenvalue weighted by Gasteiger charge is -2.27. The first-order valence-electron chi connectivity index (χ1n) is 5.57. The van der Waals surface area contributed by atoms with Crippen LogP contribution < -0.4 is 5.73 Å². The van der Waals surface area contributed by atoms with Gasteiger partial charge in [0.2, 0.25) is 0 Å². The SMILES string of the molecule is COC(=O)C1(N)C=C(F)C=C(c2ccccc2)C1.Cl. The number of nitrogens with two attached hydrogens (primary N) is 1. The van der Waals surface area contributed by atoms with Crippen molar-refractivity contribution >= 4 is 23.9 Å². The zero-order chi connectivity index (χ0) is 13.2. The summed E-state index contributed by atoms with van der Waals surface area (Å²) >= 11 is 0. The Labute approximate surface area is 117 Å². The first kappa shape index (κ1) is 15.4. The topological polar surface area (TPSA) is 52.3 Å². The molecule has 1 aliphatic rings. The zero-order valence-electron chi connectivity index (χ0n) is 10.4. The van der Waals surface area contributed by atoms with Crippen LogP contribution in [0.3, 0.4) is 0 Å². The van der Waals surface area contributed by atoms with Crippen LogP contribution in [0.1, 0.15) is 12.0 Å². The maximum absolute atomic E-state index is 13.6. The number of halogens is 2. The quantitative estimate of drug-likeness (QED) is 0.849. The predicted octanol–water partition coefficient (Wildman–Crippen LogP) is 2.62. The lowest BCUT2D eigenvalue weighted by molar-refractivity contribution is -0.145. The van der Waals surface area contributed by atoms with Crippen molar-refractivity contribution in [1.82, 2.24) is 0 Å². The molecule has 0 aliphatic heterocycles. The summed E-state index contributed by atoms with van der Waals surface area (Å²) in [6.45, 7) is 0. The molecule has 1 unspecified atom stereocenters. The summed E-state index contributed by atoms with van der Waals surface area (Å²) in [4.78, 5) is 11.6. The summed E-state index contributed by atoms with van der Waals surface area (Å²) in [5.74, 6) is -1.16. The van der Waals surface area contributed by atoms with Crippen molar-refractivity contribution in [3.8, 4) is 0 Å². The molecular weight excluding hydrogens is 269 g/mol. The van der Waals surface area contributed by atoms with Crippen LogP contribution in [-0.4, -0.2) is 18.6 Å². The van der Waals surface area contributed by atoms with E-state index in [0.717, 1.165) is 11.6 Å². The lowest BCUT2D eigenvalue weighted by atomic mass is 9.84. The van der Waals surface area contributed by atoms with Crippen LogP contribution in [-0.2, 0) is 9.53 Å². The Balaban J connectivity index is 0.00000180. The number of rotatable bonds is 2. The molecule has 1 atom stereocenters. The molecule has 0 bridgehead atoms. The van der Waals surface area contributed by atoms with E-state index < -0.39 is 17.3 Å². The first-order chi connectivity index (χ1) is 8.55. The van der Waals surface area contributed by atoms with Gasteiger partial charge in [-0.2, -0.15) is 0 Å². The van der Waals surface area contributed by atoms with Crippen LogP contribution in [0, 0.1) is 0 Å². The molecule has 2 rings (SSSR count). The molecule has 2 N–H and O–H groups in total. The number of carbonyl (C=O) groups is 1. The smallest absolute Gasteiger partial charge is 0.330 e. The zero-order valence-corrected chi connectivity index (χ0v) is 11.2. The molecule has 19 heavy (non-hydrogen) atoms. The van der Waals surface area contributed by atoms with E-state index in [9.17, 15) is 9.18 Å². The van der Waals surface area contributed by atoms with Crippen LogP contribution in [0.25, 0.3) is 5.57 Å². The molecule has 0 radical (unpaired) electrons. The average Bonchev–Trinajstić information content (AvgIpc) is 2.37. The van der Waals surface area contributed by atoms with Crippen LogP contribution in [0.5, 0.6) is 0 Å². The third-order valence-corrected chi connectivity index (χ3v) is 2.90. The molecule has 0 aromatic heterocycles. The Morgan fingerprint density at radius 2 is 2.00 bits per heavy atom. The number of ether oxygens (including phenoxy) is 1. The molecule has 102 valence electrons. The maximum atomic E-state index is 13.6. The number of hydrogen-bond acceptors (Lipinski definition) is 3. The number of methoxy groups -OCH3 is 1. The number of carbonyl (C=O) groups excluding carboxylic acids is 1. The molecule has 0 amide bonds. The van der Waals surface area contributed by atoms with Gasteiger partial charge in [-0.1, -0.05) is 30.3 Å². The molecule has 3 nitrogen and oxygen atoms in total. The van der Waals surface area contributed by atoms with Gasteiger partial charge in [0.05, 0.1) is 7.11 Å². The summed E-state index contributed by atoms with van der Waals surface area (Å²) in [6.07, 6.45) is 2.71. The van der Waals surface area contributed by atoms with E-state index >= 15 is 0 Å². The molecule has 0 saturated heterocycles. The normalized spacial score (nSPS) is 21.8. The fraction of sp³-hybridized carbons (Fsp3) is 0.214. The average molecular weight is 284 g/mol. The van der Waals surface area contributed by atoms with Crippen molar-refractivity contribution in [2.45, 2.75) is 12.0 Å². The van der Waals surface area contributed by atoms with Crippen LogP contribution in [0.2, 0.25) is 0 Å². The second-order valence-electron chi connectivity index (χ2n) is 4.27. The second-order valence-corrected chi connectivity index (χ2v) is 4.27. The number of benzene rings is 1. The number of hydrogen-bond donors (Lipinski definition) is 1. The fourth-order valence-corrected chi connectivity index (χ4v) is 2.03. The van der Waals surface area contributed by atoms with E-state index in [2.05, 4.69) is 4.74 Å².